The van der Waals surface area contributed by atoms with E-state index in [1.165, 1.54) is 47.3 Å². The van der Waals surface area contributed by atoms with E-state index < -0.39 is 0 Å². The minimum Gasteiger partial charge on any atom is -0.356 e. The summed E-state index contributed by atoms with van der Waals surface area (Å²) in [4.78, 5) is 4.86. The van der Waals surface area contributed by atoms with Gasteiger partial charge in [-0.15, -0.1) is 0 Å². The lowest BCUT2D eigenvalue weighted by molar-refractivity contribution is 0.501. The van der Waals surface area contributed by atoms with Gasteiger partial charge in [-0.25, -0.2) is 4.98 Å². The van der Waals surface area contributed by atoms with Crippen molar-refractivity contribution in [2.75, 3.05) is 11.9 Å². The molecule has 2 heterocycles. The molecule has 2 aromatic rings. The summed E-state index contributed by atoms with van der Waals surface area (Å²) >= 11 is 0. The van der Waals surface area contributed by atoms with E-state index >= 15 is 0 Å². The molecular weight excluding hydrogens is 258 g/mol. The second-order valence-corrected chi connectivity index (χ2v) is 6.56. The Morgan fingerprint density at radius 1 is 1.10 bits per heavy atom. The number of rotatable bonds is 1. The molecule has 2 aliphatic rings. The van der Waals surface area contributed by atoms with Crippen molar-refractivity contribution >= 4 is 5.95 Å². The van der Waals surface area contributed by atoms with E-state index in [1.807, 2.05) is 0 Å². The van der Waals surface area contributed by atoms with Crippen molar-refractivity contribution in [3.8, 4) is 0 Å². The highest BCUT2D eigenvalue weighted by molar-refractivity contribution is 5.42. The van der Waals surface area contributed by atoms with Gasteiger partial charge in [0.05, 0.1) is 11.7 Å². The maximum Gasteiger partial charge on any atom is 0.203 e. The molecule has 110 valence electrons. The van der Waals surface area contributed by atoms with E-state index in [1.54, 1.807) is 0 Å². The molecule has 1 aromatic carbocycles. The minimum atomic E-state index is 0.453. The van der Waals surface area contributed by atoms with Crippen LogP contribution in [0, 0.1) is 13.8 Å². The molecule has 3 heteroatoms. The predicted octanol–water partition coefficient (Wildman–Crippen LogP) is 3.78. The predicted molar refractivity (Wildman–Crippen MR) is 86.0 cm³/mol. The zero-order valence-corrected chi connectivity index (χ0v) is 12.9. The lowest BCUT2D eigenvalue weighted by Gasteiger charge is -2.29. The summed E-state index contributed by atoms with van der Waals surface area (Å²) in [6, 6.07) is 7.41. The third-order valence-corrected chi connectivity index (χ3v) is 4.81. The summed E-state index contributed by atoms with van der Waals surface area (Å²) in [6.07, 6.45) is 6.08. The molecule has 0 saturated carbocycles. The molecule has 21 heavy (non-hydrogen) atoms. The monoisotopic (exact) mass is 281 g/mol. The second-order valence-electron chi connectivity index (χ2n) is 6.56. The Labute approximate surface area is 126 Å². The van der Waals surface area contributed by atoms with E-state index in [9.17, 15) is 0 Å². The van der Waals surface area contributed by atoms with Gasteiger partial charge >= 0.3 is 0 Å². The van der Waals surface area contributed by atoms with Crippen LogP contribution in [-0.2, 0) is 12.8 Å². The Kier molecular flexibility index (Phi) is 3.02. The van der Waals surface area contributed by atoms with Crippen LogP contribution in [0.25, 0.3) is 0 Å². The third kappa shape index (κ3) is 2.15. The number of nitrogens with zero attached hydrogens (tertiary/aromatic N) is 2. The molecule has 4 rings (SSSR count). The van der Waals surface area contributed by atoms with Gasteiger partial charge in [-0.1, -0.05) is 29.3 Å². The number of benzene rings is 1. The molecule has 3 nitrogen and oxygen atoms in total. The van der Waals surface area contributed by atoms with Crippen LogP contribution in [0.3, 0.4) is 0 Å². The molecule has 0 saturated heterocycles. The number of anilines is 1. The van der Waals surface area contributed by atoms with Crippen LogP contribution in [-0.4, -0.2) is 16.1 Å². The van der Waals surface area contributed by atoms with E-state index in [4.69, 9.17) is 4.98 Å². The molecule has 1 atom stereocenters. The standard InChI is InChI=1S/C18H23N3/c1-12-9-13(2)11-14(10-12)16-7-8-19-18-20-15-5-3-4-6-17(15)21(16)18/h9-11,16H,3-8H2,1-2H3,(H,19,20). The molecule has 1 N–H and O–H groups in total. The quantitative estimate of drug-likeness (QED) is 0.862. The van der Waals surface area contributed by atoms with Crippen molar-refractivity contribution in [3.05, 3.63) is 46.3 Å². The Morgan fingerprint density at radius 2 is 1.86 bits per heavy atom. The first kappa shape index (κ1) is 12.9. The van der Waals surface area contributed by atoms with Crippen LogP contribution in [0.4, 0.5) is 5.95 Å². The van der Waals surface area contributed by atoms with Gasteiger partial charge in [-0.2, -0.15) is 0 Å². The highest BCUT2D eigenvalue weighted by Crippen LogP contribution is 2.35. The van der Waals surface area contributed by atoms with E-state index in [0.717, 1.165) is 25.3 Å². The molecule has 0 amide bonds. The summed E-state index contributed by atoms with van der Waals surface area (Å²) in [5, 5.41) is 3.50. The molecule has 1 unspecified atom stereocenters. The van der Waals surface area contributed by atoms with Crippen LogP contribution < -0.4 is 5.32 Å². The van der Waals surface area contributed by atoms with E-state index in [2.05, 4.69) is 41.9 Å². The number of hydrogen-bond donors (Lipinski definition) is 1. The molecule has 0 fully saturated rings. The van der Waals surface area contributed by atoms with Gasteiger partial charge in [0.1, 0.15) is 0 Å². The molecule has 1 aliphatic heterocycles. The summed E-state index contributed by atoms with van der Waals surface area (Å²) in [5.41, 5.74) is 6.98. The fraction of sp³-hybridized carbons (Fsp3) is 0.500. The topological polar surface area (TPSA) is 29.9 Å². The highest BCUT2D eigenvalue weighted by atomic mass is 15.3. The number of nitrogens with one attached hydrogen (secondary N) is 1. The molecule has 1 aliphatic carbocycles. The van der Waals surface area contributed by atoms with Gasteiger partial charge < -0.3 is 9.88 Å². The first-order valence-electron chi connectivity index (χ1n) is 8.14. The Morgan fingerprint density at radius 3 is 2.67 bits per heavy atom. The molecule has 0 radical (unpaired) electrons. The summed E-state index contributed by atoms with van der Waals surface area (Å²) in [5.74, 6) is 1.09. The van der Waals surface area contributed by atoms with Crippen LogP contribution in [0.1, 0.15) is 53.4 Å². The first-order valence-corrected chi connectivity index (χ1v) is 8.14. The largest absolute Gasteiger partial charge is 0.356 e. The van der Waals surface area contributed by atoms with Gasteiger partial charge in [-0.3, -0.25) is 0 Å². The average molecular weight is 281 g/mol. The molecule has 0 spiro atoms. The van der Waals surface area contributed by atoms with E-state index in [0.29, 0.717) is 6.04 Å². The maximum atomic E-state index is 4.86. The molecule has 1 aromatic heterocycles. The highest BCUT2D eigenvalue weighted by Gasteiger charge is 2.28. The summed E-state index contributed by atoms with van der Waals surface area (Å²) < 4.78 is 2.49. The van der Waals surface area contributed by atoms with Crippen LogP contribution in [0.2, 0.25) is 0 Å². The van der Waals surface area contributed by atoms with Crippen molar-refractivity contribution in [1.29, 1.82) is 0 Å². The SMILES string of the molecule is Cc1cc(C)cc(C2CCNc3nc4c(n32)CCCC4)c1. The zero-order chi connectivity index (χ0) is 14.4. The summed E-state index contributed by atoms with van der Waals surface area (Å²) in [6.45, 7) is 5.41. The fourth-order valence-electron chi connectivity index (χ4n) is 3.99. The van der Waals surface area contributed by atoms with Crippen molar-refractivity contribution < 1.29 is 0 Å². The van der Waals surface area contributed by atoms with E-state index in [-0.39, 0.29) is 0 Å². The van der Waals surface area contributed by atoms with Crippen molar-refractivity contribution in [1.82, 2.24) is 9.55 Å². The smallest absolute Gasteiger partial charge is 0.203 e. The fourth-order valence-corrected chi connectivity index (χ4v) is 3.99. The summed E-state index contributed by atoms with van der Waals surface area (Å²) in [7, 11) is 0. The van der Waals surface area contributed by atoms with Crippen LogP contribution in [0.15, 0.2) is 18.2 Å². The minimum absolute atomic E-state index is 0.453. The van der Waals surface area contributed by atoms with Crippen molar-refractivity contribution in [2.45, 2.75) is 52.0 Å². The lowest BCUT2D eigenvalue weighted by atomic mass is 9.96. The zero-order valence-electron chi connectivity index (χ0n) is 12.9. The second kappa shape index (κ2) is 4.90. The van der Waals surface area contributed by atoms with Gasteiger partial charge in [0.25, 0.3) is 0 Å². The molecular formula is C18H23N3. The van der Waals surface area contributed by atoms with Gasteiger partial charge in [0.2, 0.25) is 5.95 Å². The molecule has 0 bridgehead atoms. The number of fused-ring (bicyclic) bond motifs is 3. The Bertz CT molecular complexity index is 664. The van der Waals surface area contributed by atoms with Gasteiger partial charge in [0, 0.05) is 12.2 Å². The normalized spacial score (nSPS) is 20.6. The van der Waals surface area contributed by atoms with Crippen LogP contribution in [0.5, 0.6) is 0 Å². The average Bonchev–Trinajstić information content (AvgIpc) is 2.84. The maximum absolute atomic E-state index is 4.86. The number of aryl methyl sites for hydroxylation is 3. The number of hydrogen-bond acceptors (Lipinski definition) is 2. The number of aromatic nitrogens is 2. The lowest BCUT2D eigenvalue weighted by Crippen LogP contribution is -2.25. The van der Waals surface area contributed by atoms with Crippen LogP contribution >= 0.6 is 0 Å². The Balaban J connectivity index is 1.84. The third-order valence-electron chi connectivity index (χ3n) is 4.81. The first-order chi connectivity index (χ1) is 10.2. The van der Waals surface area contributed by atoms with Gasteiger partial charge in [0.15, 0.2) is 0 Å². The van der Waals surface area contributed by atoms with Gasteiger partial charge in [-0.05, 0) is 51.5 Å². The number of imidazole rings is 1. The van der Waals surface area contributed by atoms with Crippen molar-refractivity contribution in [2.24, 2.45) is 0 Å². The Hall–Kier alpha value is -1.77. The van der Waals surface area contributed by atoms with Crippen molar-refractivity contribution in [3.63, 3.8) is 0 Å².